The van der Waals surface area contributed by atoms with Gasteiger partial charge in [0.1, 0.15) is 11.4 Å². The summed E-state index contributed by atoms with van der Waals surface area (Å²) in [5.74, 6) is 0.565. The predicted molar refractivity (Wildman–Crippen MR) is 111 cm³/mol. The molecule has 2 aromatic heterocycles. The third-order valence-corrected chi connectivity index (χ3v) is 4.55. The number of ether oxygens (including phenoxy) is 1. The number of nitrogens with one attached hydrogen (secondary N) is 1. The zero-order chi connectivity index (χ0) is 20.1. The molecular weight excluding hydrogens is 364 g/mol. The van der Waals surface area contributed by atoms with Gasteiger partial charge in [0, 0.05) is 30.7 Å². The Bertz CT molecular complexity index is 1090. The number of hydrogen-bond acceptors (Lipinski definition) is 4. The molecule has 29 heavy (non-hydrogen) atoms. The number of carbonyl (C=O) groups is 1. The Labute approximate surface area is 168 Å². The highest BCUT2D eigenvalue weighted by atomic mass is 16.5. The molecule has 4 aromatic rings. The third kappa shape index (κ3) is 4.16. The Kier molecular flexibility index (Phi) is 5.33. The molecule has 4 rings (SSSR count). The standard InChI is InChI=1S/C23H20N4O2/c1-29-20-9-7-18(8-10-20)22-21(16-27(26-22)19-5-3-2-4-6-19)23(28)25-15-17-11-13-24-14-12-17/h2-14,16H,15H2,1H3,(H,25,28). The molecular formula is C23H20N4O2. The van der Waals surface area contributed by atoms with Gasteiger partial charge in [0.15, 0.2) is 0 Å². The molecule has 1 amide bonds. The van der Waals surface area contributed by atoms with Gasteiger partial charge in [-0.2, -0.15) is 5.10 Å². The summed E-state index contributed by atoms with van der Waals surface area (Å²) in [5, 5.41) is 7.66. The van der Waals surface area contributed by atoms with E-state index < -0.39 is 0 Å². The third-order valence-electron chi connectivity index (χ3n) is 4.55. The minimum atomic E-state index is -0.185. The number of amides is 1. The van der Waals surface area contributed by atoms with Gasteiger partial charge in [-0.25, -0.2) is 4.68 Å². The minimum Gasteiger partial charge on any atom is -0.497 e. The van der Waals surface area contributed by atoms with Crippen molar-refractivity contribution < 1.29 is 9.53 Å². The van der Waals surface area contributed by atoms with Crippen molar-refractivity contribution in [2.45, 2.75) is 6.54 Å². The van der Waals surface area contributed by atoms with Crippen LogP contribution in [0.5, 0.6) is 5.75 Å². The van der Waals surface area contributed by atoms with Crippen molar-refractivity contribution >= 4 is 5.91 Å². The molecule has 0 saturated heterocycles. The van der Waals surface area contributed by atoms with Crippen LogP contribution in [0.15, 0.2) is 85.3 Å². The molecule has 2 heterocycles. The first-order chi connectivity index (χ1) is 14.2. The molecule has 0 aliphatic carbocycles. The van der Waals surface area contributed by atoms with E-state index in [2.05, 4.69) is 15.4 Å². The molecule has 144 valence electrons. The van der Waals surface area contributed by atoms with Gasteiger partial charge in [0.2, 0.25) is 0 Å². The van der Waals surface area contributed by atoms with E-state index >= 15 is 0 Å². The van der Waals surface area contributed by atoms with Gasteiger partial charge in [-0.3, -0.25) is 9.78 Å². The minimum absolute atomic E-state index is 0.185. The first kappa shape index (κ1) is 18.4. The van der Waals surface area contributed by atoms with Gasteiger partial charge in [-0.1, -0.05) is 18.2 Å². The molecule has 2 aromatic carbocycles. The molecule has 6 nitrogen and oxygen atoms in total. The van der Waals surface area contributed by atoms with Crippen LogP contribution in [0.3, 0.4) is 0 Å². The fraction of sp³-hybridized carbons (Fsp3) is 0.0870. The lowest BCUT2D eigenvalue weighted by atomic mass is 10.1. The molecule has 0 atom stereocenters. The van der Waals surface area contributed by atoms with Crippen molar-refractivity contribution in [1.29, 1.82) is 0 Å². The van der Waals surface area contributed by atoms with E-state index in [-0.39, 0.29) is 5.91 Å². The largest absolute Gasteiger partial charge is 0.497 e. The van der Waals surface area contributed by atoms with E-state index in [1.807, 2.05) is 66.7 Å². The number of methoxy groups -OCH3 is 1. The first-order valence-electron chi connectivity index (χ1n) is 9.21. The summed E-state index contributed by atoms with van der Waals surface area (Å²) in [6.07, 6.45) is 5.17. The van der Waals surface area contributed by atoms with Gasteiger partial charge in [-0.15, -0.1) is 0 Å². The highest BCUT2D eigenvalue weighted by molar-refractivity contribution is 5.99. The van der Waals surface area contributed by atoms with Crippen molar-refractivity contribution in [2.24, 2.45) is 0 Å². The van der Waals surface area contributed by atoms with Crippen LogP contribution < -0.4 is 10.1 Å². The van der Waals surface area contributed by atoms with Crippen LogP contribution >= 0.6 is 0 Å². The second-order valence-electron chi connectivity index (χ2n) is 6.44. The maximum atomic E-state index is 13.0. The molecule has 6 heteroatoms. The van der Waals surface area contributed by atoms with Crippen LogP contribution in [-0.4, -0.2) is 27.8 Å². The quantitative estimate of drug-likeness (QED) is 0.548. The maximum Gasteiger partial charge on any atom is 0.255 e. The molecule has 1 N–H and O–H groups in total. The highest BCUT2D eigenvalue weighted by Gasteiger charge is 2.18. The van der Waals surface area contributed by atoms with E-state index in [9.17, 15) is 4.79 Å². The number of nitrogens with zero attached hydrogens (tertiary/aromatic N) is 3. The van der Waals surface area contributed by atoms with E-state index in [1.54, 1.807) is 30.4 Å². The van der Waals surface area contributed by atoms with Crippen LogP contribution in [0.25, 0.3) is 16.9 Å². The van der Waals surface area contributed by atoms with Crippen molar-refractivity contribution in [3.05, 3.63) is 96.4 Å². The molecule has 0 fully saturated rings. The average molecular weight is 384 g/mol. The normalized spacial score (nSPS) is 10.5. The van der Waals surface area contributed by atoms with Crippen molar-refractivity contribution in [3.63, 3.8) is 0 Å². The molecule has 0 aliphatic heterocycles. The Morgan fingerprint density at radius 1 is 1.00 bits per heavy atom. The van der Waals surface area contributed by atoms with E-state index in [0.717, 1.165) is 22.6 Å². The zero-order valence-corrected chi connectivity index (χ0v) is 15.9. The summed E-state index contributed by atoms with van der Waals surface area (Å²) in [5.41, 5.74) is 3.83. The summed E-state index contributed by atoms with van der Waals surface area (Å²) in [7, 11) is 1.62. The van der Waals surface area contributed by atoms with E-state index in [1.165, 1.54) is 0 Å². The summed E-state index contributed by atoms with van der Waals surface area (Å²) < 4.78 is 6.96. The highest BCUT2D eigenvalue weighted by Crippen LogP contribution is 2.26. The smallest absolute Gasteiger partial charge is 0.255 e. The molecule has 0 aliphatic rings. The fourth-order valence-corrected chi connectivity index (χ4v) is 2.99. The average Bonchev–Trinajstić information content (AvgIpc) is 3.24. The monoisotopic (exact) mass is 384 g/mol. The Morgan fingerprint density at radius 2 is 1.72 bits per heavy atom. The SMILES string of the molecule is COc1ccc(-c2nn(-c3ccccc3)cc2C(=O)NCc2ccncc2)cc1. The van der Waals surface area contributed by atoms with Crippen molar-refractivity contribution in [2.75, 3.05) is 7.11 Å². The number of pyridine rings is 1. The molecule has 0 bridgehead atoms. The molecule has 0 unspecified atom stereocenters. The lowest BCUT2D eigenvalue weighted by Gasteiger charge is -2.06. The summed E-state index contributed by atoms with van der Waals surface area (Å²) in [6.45, 7) is 0.417. The Hall–Kier alpha value is -3.93. The van der Waals surface area contributed by atoms with Gasteiger partial charge in [-0.05, 0) is 54.1 Å². The lowest BCUT2D eigenvalue weighted by molar-refractivity contribution is 0.0951. The van der Waals surface area contributed by atoms with Gasteiger partial charge < -0.3 is 10.1 Å². The summed E-state index contributed by atoms with van der Waals surface area (Å²) in [4.78, 5) is 17.0. The number of hydrogen-bond donors (Lipinski definition) is 1. The Morgan fingerprint density at radius 3 is 2.41 bits per heavy atom. The second kappa shape index (κ2) is 8.39. The van der Waals surface area contributed by atoms with Gasteiger partial charge >= 0.3 is 0 Å². The number of benzene rings is 2. The van der Waals surface area contributed by atoms with Crippen LogP contribution in [0.4, 0.5) is 0 Å². The number of rotatable bonds is 6. The predicted octanol–water partition coefficient (Wildman–Crippen LogP) is 3.87. The molecule has 0 saturated carbocycles. The number of para-hydroxylation sites is 1. The maximum absolute atomic E-state index is 13.0. The van der Waals surface area contributed by atoms with E-state index in [4.69, 9.17) is 4.74 Å². The fourth-order valence-electron chi connectivity index (χ4n) is 2.99. The lowest BCUT2D eigenvalue weighted by Crippen LogP contribution is -2.23. The Balaban J connectivity index is 1.68. The molecule has 0 spiro atoms. The van der Waals surface area contributed by atoms with E-state index in [0.29, 0.717) is 17.8 Å². The van der Waals surface area contributed by atoms with Crippen LogP contribution in [0, 0.1) is 0 Å². The number of aromatic nitrogens is 3. The van der Waals surface area contributed by atoms with Gasteiger partial charge in [0.05, 0.1) is 18.4 Å². The first-order valence-corrected chi connectivity index (χ1v) is 9.21. The van der Waals surface area contributed by atoms with Crippen LogP contribution in [-0.2, 0) is 6.54 Å². The molecule has 0 radical (unpaired) electrons. The summed E-state index contributed by atoms with van der Waals surface area (Å²) in [6, 6.07) is 21.0. The van der Waals surface area contributed by atoms with Crippen LogP contribution in [0.2, 0.25) is 0 Å². The van der Waals surface area contributed by atoms with Crippen molar-refractivity contribution in [3.8, 4) is 22.7 Å². The topological polar surface area (TPSA) is 69.0 Å². The zero-order valence-electron chi connectivity index (χ0n) is 15.9. The van der Waals surface area contributed by atoms with Crippen LogP contribution in [0.1, 0.15) is 15.9 Å². The number of carbonyl (C=O) groups excluding carboxylic acids is 1. The summed E-state index contributed by atoms with van der Waals surface area (Å²) >= 11 is 0. The van der Waals surface area contributed by atoms with Crippen molar-refractivity contribution in [1.82, 2.24) is 20.1 Å². The van der Waals surface area contributed by atoms with Gasteiger partial charge in [0.25, 0.3) is 5.91 Å². The second-order valence-corrected chi connectivity index (χ2v) is 6.44.